The monoisotopic (exact) mass is 315 g/mol. The van der Waals surface area contributed by atoms with Crippen LogP contribution in [0.2, 0.25) is 0 Å². The molecule has 1 heterocycles. The molecule has 0 aliphatic carbocycles. The van der Waals surface area contributed by atoms with Crippen LogP contribution in [0.1, 0.15) is 29.3 Å². The highest BCUT2D eigenvalue weighted by molar-refractivity contribution is 5.92. The van der Waals surface area contributed by atoms with Crippen LogP contribution in [0, 0.1) is 6.92 Å². The molecule has 23 heavy (non-hydrogen) atoms. The van der Waals surface area contributed by atoms with Crippen LogP contribution in [-0.2, 0) is 0 Å². The predicted molar refractivity (Wildman–Crippen MR) is 89.3 cm³/mol. The van der Waals surface area contributed by atoms with Crippen LogP contribution in [0.4, 0.5) is 5.69 Å². The van der Waals surface area contributed by atoms with Crippen molar-refractivity contribution in [2.45, 2.75) is 20.3 Å². The molecule has 1 aromatic carbocycles. The molecule has 6 nitrogen and oxygen atoms in total. The van der Waals surface area contributed by atoms with E-state index in [-0.39, 0.29) is 0 Å². The molecule has 6 heteroatoms. The molecule has 0 bridgehead atoms. The zero-order valence-corrected chi connectivity index (χ0v) is 13.6. The third kappa shape index (κ3) is 3.91. The summed E-state index contributed by atoms with van der Waals surface area (Å²) in [5.41, 5.74) is 7.50. The van der Waals surface area contributed by atoms with Crippen molar-refractivity contribution in [3.8, 4) is 17.4 Å². The molecule has 0 saturated carbocycles. The van der Waals surface area contributed by atoms with Gasteiger partial charge in [0.15, 0.2) is 11.5 Å². The number of ether oxygens (including phenoxy) is 2. The molecule has 0 unspecified atom stereocenters. The molecule has 1 aromatic heterocycles. The van der Waals surface area contributed by atoms with E-state index in [2.05, 4.69) is 17.2 Å². The number of methoxy groups -OCH3 is 1. The van der Waals surface area contributed by atoms with Gasteiger partial charge in [0.1, 0.15) is 0 Å². The Morgan fingerprint density at radius 3 is 2.65 bits per heavy atom. The smallest absolute Gasteiger partial charge is 0.250 e. The summed E-state index contributed by atoms with van der Waals surface area (Å²) >= 11 is 0. The summed E-state index contributed by atoms with van der Waals surface area (Å²) in [4.78, 5) is 15.1. The van der Waals surface area contributed by atoms with Crippen molar-refractivity contribution in [1.29, 1.82) is 0 Å². The molecule has 0 atom stereocenters. The van der Waals surface area contributed by atoms with E-state index in [0.29, 0.717) is 22.9 Å². The number of hydrogen-bond donors (Lipinski definition) is 2. The van der Waals surface area contributed by atoms with Gasteiger partial charge in [0.2, 0.25) is 11.8 Å². The molecule has 2 aromatic rings. The third-order valence-electron chi connectivity index (χ3n) is 3.37. The predicted octanol–water partition coefficient (Wildman–Crippen LogP) is 3.11. The first kappa shape index (κ1) is 16.6. The topological polar surface area (TPSA) is 86.5 Å². The Kier molecular flexibility index (Phi) is 5.41. The van der Waals surface area contributed by atoms with Gasteiger partial charge in [-0.25, -0.2) is 4.98 Å². The lowest BCUT2D eigenvalue weighted by Crippen LogP contribution is -2.11. The Morgan fingerprint density at radius 1 is 1.30 bits per heavy atom. The van der Waals surface area contributed by atoms with Gasteiger partial charge < -0.3 is 20.5 Å². The van der Waals surface area contributed by atoms with Gasteiger partial charge in [0.05, 0.1) is 12.7 Å². The zero-order valence-electron chi connectivity index (χ0n) is 13.6. The van der Waals surface area contributed by atoms with Gasteiger partial charge in [-0.2, -0.15) is 0 Å². The van der Waals surface area contributed by atoms with Crippen molar-refractivity contribution < 1.29 is 14.3 Å². The largest absolute Gasteiger partial charge is 0.492 e. The number of aromatic nitrogens is 1. The van der Waals surface area contributed by atoms with Gasteiger partial charge in [-0.1, -0.05) is 6.92 Å². The minimum absolute atomic E-state index is 0.333. The molecule has 122 valence electrons. The number of carbonyl (C=O) groups excluding carboxylic acids is 1. The van der Waals surface area contributed by atoms with Gasteiger partial charge in [0, 0.05) is 30.1 Å². The number of nitrogens with one attached hydrogen (secondary N) is 1. The third-order valence-corrected chi connectivity index (χ3v) is 3.37. The minimum atomic E-state index is -0.524. The number of rotatable bonds is 7. The van der Waals surface area contributed by atoms with E-state index in [1.807, 2.05) is 19.1 Å². The van der Waals surface area contributed by atoms with Gasteiger partial charge >= 0.3 is 0 Å². The van der Waals surface area contributed by atoms with E-state index >= 15 is 0 Å². The fourth-order valence-electron chi connectivity index (χ4n) is 2.15. The van der Waals surface area contributed by atoms with Gasteiger partial charge in [-0.15, -0.1) is 0 Å². The van der Waals surface area contributed by atoms with Crippen molar-refractivity contribution in [3.63, 3.8) is 0 Å². The zero-order chi connectivity index (χ0) is 16.8. The van der Waals surface area contributed by atoms with E-state index in [1.54, 1.807) is 19.2 Å². The molecule has 0 aliphatic heterocycles. The van der Waals surface area contributed by atoms with Gasteiger partial charge in [-0.05, 0) is 31.5 Å². The van der Waals surface area contributed by atoms with Crippen LogP contribution in [-0.4, -0.2) is 24.5 Å². The summed E-state index contributed by atoms with van der Waals surface area (Å²) in [7, 11) is 1.60. The molecule has 3 N–H and O–H groups in total. The Balaban J connectivity index is 2.25. The highest BCUT2D eigenvalue weighted by atomic mass is 16.5. The van der Waals surface area contributed by atoms with Gasteiger partial charge in [-0.3, -0.25) is 4.79 Å². The highest BCUT2D eigenvalue weighted by Gasteiger charge is 2.13. The molecule has 0 fully saturated rings. The maximum Gasteiger partial charge on any atom is 0.250 e. The number of nitrogens with two attached hydrogens (primary N) is 1. The lowest BCUT2D eigenvalue weighted by Gasteiger charge is -2.16. The average molecular weight is 315 g/mol. The average Bonchev–Trinajstić information content (AvgIpc) is 2.55. The maximum absolute atomic E-state index is 11.1. The number of amides is 1. The number of pyridine rings is 1. The molecule has 0 spiro atoms. The van der Waals surface area contributed by atoms with Crippen molar-refractivity contribution >= 4 is 11.6 Å². The number of anilines is 1. The molecule has 1 amide bonds. The second-order valence-corrected chi connectivity index (χ2v) is 5.05. The maximum atomic E-state index is 11.1. The minimum Gasteiger partial charge on any atom is -0.492 e. The summed E-state index contributed by atoms with van der Waals surface area (Å²) in [5, 5.41) is 3.35. The quantitative estimate of drug-likeness (QED) is 0.820. The number of primary amides is 1. The summed E-state index contributed by atoms with van der Waals surface area (Å²) in [6, 6.07) is 6.94. The van der Waals surface area contributed by atoms with E-state index in [4.69, 9.17) is 15.2 Å². The van der Waals surface area contributed by atoms with Crippen molar-refractivity contribution in [3.05, 3.63) is 41.6 Å². The molecular formula is C17H21N3O3. The summed E-state index contributed by atoms with van der Waals surface area (Å²) in [6.45, 7) is 4.96. The first-order chi connectivity index (χ1) is 11.1. The van der Waals surface area contributed by atoms with E-state index < -0.39 is 5.91 Å². The Bertz CT molecular complexity index is 684. The highest BCUT2D eigenvalue weighted by Crippen LogP contribution is 2.37. The second-order valence-electron chi connectivity index (χ2n) is 5.05. The Morgan fingerprint density at radius 2 is 2.09 bits per heavy atom. The van der Waals surface area contributed by atoms with Gasteiger partial charge in [0.25, 0.3) is 0 Å². The lowest BCUT2D eigenvalue weighted by atomic mass is 10.1. The second kappa shape index (κ2) is 7.49. The molecule has 0 radical (unpaired) electrons. The number of benzene rings is 1. The van der Waals surface area contributed by atoms with Crippen LogP contribution < -0.4 is 20.5 Å². The van der Waals surface area contributed by atoms with E-state index in [9.17, 15) is 4.79 Å². The summed E-state index contributed by atoms with van der Waals surface area (Å²) in [5.74, 6) is 1.05. The number of hydrogen-bond acceptors (Lipinski definition) is 5. The number of carbonyl (C=O) groups is 1. The fraction of sp³-hybridized carbons (Fsp3) is 0.294. The lowest BCUT2D eigenvalue weighted by molar-refractivity contribution is 0.1000. The van der Waals surface area contributed by atoms with Crippen LogP contribution in [0.25, 0.3) is 0 Å². The Labute approximate surface area is 135 Å². The van der Waals surface area contributed by atoms with Crippen molar-refractivity contribution in [2.24, 2.45) is 5.73 Å². The number of nitrogens with zero attached hydrogens (tertiary/aromatic N) is 1. The first-order valence-corrected chi connectivity index (χ1v) is 7.42. The van der Waals surface area contributed by atoms with E-state index in [1.165, 1.54) is 6.20 Å². The van der Waals surface area contributed by atoms with Crippen LogP contribution >= 0.6 is 0 Å². The molecule has 2 rings (SSSR count). The molecule has 0 aliphatic rings. The van der Waals surface area contributed by atoms with Crippen molar-refractivity contribution in [1.82, 2.24) is 4.98 Å². The molecular weight excluding hydrogens is 294 g/mol. The molecule has 0 saturated heterocycles. The van der Waals surface area contributed by atoms with Crippen LogP contribution in [0.3, 0.4) is 0 Å². The standard InChI is InChI=1S/C17H21N3O3/c1-4-9-19-13-6-7-14(16(22-3)11(13)2)23-15-8-5-12(10-20-15)17(18)21/h5-8,10,19H,4,9H2,1-3H3,(H2,18,21). The summed E-state index contributed by atoms with van der Waals surface area (Å²) in [6.07, 6.45) is 2.42. The SMILES string of the molecule is CCCNc1ccc(Oc2ccc(C(N)=O)cn2)c(OC)c1C. The van der Waals surface area contributed by atoms with Crippen LogP contribution in [0.5, 0.6) is 17.4 Å². The summed E-state index contributed by atoms with van der Waals surface area (Å²) < 4.78 is 11.2. The first-order valence-electron chi connectivity index (χ1n) is 7.42. The van der Waals surface area contributed by atoms with Crippen molar-refractivity contribution in [2.75, 3.05) is 19.0 Å². The Hall–Kier alpha value is -2.76. The van der Waals surface area contributed by atoms with E-state index in [0.717, 1.165) is 24.2 Å². The normalized spacial score (nSPS) is 10.2. The van der Waals surface area contributed by atoms with Crippen LogP contribution in [0.15, 0.2) is 30.5 Å². The fourth-order valence-corrected chi connectivity index (χ4v) is 2.15.